The van der Waals surface area contributed by atoms with Crippen molar-refractivity contribution in [2.24, 2.45) is 5.73 Å². The fourth-order valence-corrected chi connectivity index (χ4v) is 0.661. The third-order valence-corrected chi connectivity index (χ3v) is 1.06. The molecule has 7 nitrogen and oxygen atoms in total. The molecule has 0 bridgehead atoms. The number of nitrogens with one attached hydrogen (secondary N) is 3. The predicted molar refractivity (Wildman–Crippen MR) is 34.3 cm³/mol. The Labute approximate surface area is 91.2 Å². The number of nitrogens with two attached hydrogens (primary N) is 1. The Morgan fingerprint density at radius 1 is 1.58 bits per heavy atom. The van der Waals surface area contributed by atoms with Crippen molar-refractivity contribution in [2.45, 2.75) is 6.17 Å². The number of amides is 5. The second-order valence-electron chi connectivity index (χ2n) is 1.90. The number of urea groups is 2. The number of carbonyl (C=O) groups excluding carboxylic acids is 3. The van der Waals surface area contributed by atoms with E-state index in [2.05, 4.69) is 5.32 Å². The average molecular weight is 182 g/mol. The summed E-state index contributed by atoms with van der Waals surface area (Å²) in [5.74, 6) is -0.617. The molecule has 1 aliphatic rings. The molecule has 1 fully saturated rings. The summed E-state index contributed by atoms with van der Waals surface area (Å²) in [6.45, 7) is 0. The van der Waals surface area contributed by atoms with Crippen LogP contribution >= 0.6 is 0 Å². The first-order valence-corrected chi connectivity index (χ1v) is 2.77. The first-order chi connectivity index (χ1) is 5.09. The summed E-state index contributed by atoms with van der Waals surface area (Å²) in [7, 11) is 0. The van der Waals surface area contributed by atoms with E-state index in [0.717, 1.165) is 0 Å². The number of rotatable bonds is 1. The number of hydrogen-bond acceptors (Lipinski definition) is 3. The van der Waals surface area contributed by atoms with Gasteiger partial charge in [0, 0.05) is 0 Å². The van der Waals surface area contributed by atoms with Crippen LogP contribution in [0.15, 0.2) is 0 Å². The predicted octanol–water partition coefficient (Wildman–Crippen LogP) is -5.06. The monoisotopic (exact) mass is 182 g/mol. The standard InChI is InChI=1S/C4H6N4O3.Na.H/c5-3(10)6-1-2(9)8-4(11)7-1;;/h1H,(H3,5,6,10)(H2,7,8,9,11);;/q;+1;-1. The molecular weight excluding hydrogens is 175 g/mol. The molecule has 0 aromatic heterocycles. The zero-order valence-electron chi connectivity index (χ0n) is 7.38. The van der Waals surface area contributed by atoms with Crippen LogP contribution < -0.4 is 51.2 Å². The van der Waals surface area contributed by atoms with E-state index in [1.54, 1.807) is 0 Å². The molecular formula is C4H7N4NaO3. The van der Waals surface area contributed by atoms with Crippen LogP contribution in [0.1, 0.15) is 1.43 Å². The first-order valence-electron chi connectivity index (χ1n) is 2.77. The Morgan fingerprint density at radius 2 is 2.17 bits per heavy atom. The Morgan fingerprint density at radius 3 is 2.50 bits per heavy atom. The zero-order valence-corrected chi connectivity index (χ0v) is 8.38. The van der Waals surface area contributed by atoms with E-state index in [-0.39, 0.29) is 31.0 Å². The van der Waals surface area contributed by atoms with Gasteiger partial charge in [-0.3, -0.25) is 10.1 Å². The van der Waals surface area contributed by atoms with Gasteiger partial charge < -0.3 is 17.8 Å². The van der Waals surface area contributed by atoms with Gasteiger partial charge in [-0.15, -0.1) is 0 Å². The molecule has 1 rings (SSSR count). The van der Waals surface area contributed by atoms with Gasteiger partial charge in [0.1, 0.15) is 0 Å². The van der Waals surface area contributed by atoms with Crippen LogP contribution in [0.25, 0.3) is 0 Å². The Hall–Kier alpha value is -0.790. The van der Waals surface area contributed by atoms with Gasteiger partial charge in [-0.25, -0.2) is 9.59 Å². The van der Waals surface area contributed by atoms with Crippen LogP contribution in [0.2, 0.25) is 0 Å². The van der Waals surface area contributed by atoms with Crippen molar-refractivity contribution in [3.8, 4) is 0 Å². The number of primary amides is 1. The summed E-state index contributed by atoms with van der Waals surface area (Å²) in [6.07, 6.45) is -1.04. The zero-order chi connectivity index (χ0) is 8.43. The molecule has 0 aliphatic carbocycles. The molecule has 1 atom stereocenters. The van der Waals surface area contributed by atoms with Gasteiger partial charge in [0.2, 0.25) is 0 Å². The first kappa shape index (κ1) is 11.2. The topological polar surface area (TPSA) is 113 Å². The van der Waals surface area contributed by atoms with Crippen molar-refractivity contribution in [2.75, 3.05) is 0 Å². The van der Waals surface area contributed by atoms with E-state index >= 15 is 0 Å². The molecule has 1 aliphatic heterocycles. The molecule has 1 heterocycles. The van der Waals surface area contributed by atoms with Gasteiger partial charge in [0.15, 0.2) is 6.17 Å². The van der Waals surface area contributed by atoms with Crippen molar-refractivity contribution >= 4 is 18.0 Å². The summed E-state index contributed by atoms with van der Waals surface area (Å²) in [5, 5.41) is 6.05. The van der Waals surface area contributed by atoms with Crippen molar-refractivity contribution in [1.82, 2.24) is 16.0 Å². The molecule has 0 aromatic rings. The van der Waals surface area contributed by atoms with Crippen LogP contribution in [-0.4, -0.2) is 24.1 Å². The summed E-state index contributed by atoms with van der Waals surface area (Å²) in [4.78, 5) is 31.3. The van der Waals surface area contributed by atoms with Gasteiger partial charge in [0.05, 0.1) is 0 Å². The molecule has 0 spiro atoms. The van der Waals surface area contributed by atoms with Crippen LogP contribution in [-0.2, 0) is 4.79 Å². The van der Waals surface area contributed by atoms with Gasteiger partial charge in [0.25, 0.3) is 5.91 Å². The minimum atomic E-state index is -1.04. The molecule has 8 heteroatoms. The number of hydrogen-bond donors (Lipinski definition) is 4. The molecule has 1 unspecified atom stereocenters. The van der Waals surface area contributed by atoms with Crippen molar-refractivity contribution in [1.29, 1.82) is 0 Å². The van der Waals surface area contributed by atoms with Gasteiger partial charge in [-0.05, 0) is 0 Å². The van der Waals surface area contributed by atoms with Crippen LogP contribution in [0.3, 0.4) is 0 Å². The molecule has 0 aromatic carbocycles. The van der Waals surface area contributed by atoms with E-state index in [0.29, 0.717) is 0 Å². The fraction of sp³-hybridized carbons (Fsp3) is 0.250. The minimum Gasteiger partial charge on any atom is -1.00 e. The SMILES string of the molecule is NC(=O)NC1NC(=O)NC1=O.[H-].[Na+]. The van der Waals surface area contributed by atoms with E-state index < -0.39 is 24.1 Å². The quantitative estimate of drug-likeness (QED) is 0.240. The van der Waals surface area contributed by atoms with E-state index in [1.807, 2.05) is 10.6 Å². The van der Waals surface area contributed by atoms with Crippen LogP contribution in [0.4, 0.5) is 9.59 Å². The maximum absolute atomic E-state index is 10.7. The maximum Gasteiger partial charge on any atom is 1.00 e. The second kappa shape index (κ2) is 4.29. The molecule has 0 saturated carbocycles. The molecule has 5 amide bonds. The second-order valence-corrected chi connectivity index (χ2v) is 1.90. The van der Waals surface area contributed by atoms with Crippen LogP contribution in [0, 0.1) is 0 Å². The summed E-state index contributed by atoms with van der Waals surface area (Å²) < 4.78 is 0. The van der Waals surface area contributed by atoms with Gasteiger partial charge in [-0.1, -0.05) is 0 Å². The third-order valence-electron chi connectivity index (χ3n) is 1.06. The Balaban J connectivity index is 0. The van der Waals surface area contributed by atoms with E-state index in [4.69, 9.17) is 5.73 Å². The van der Waals surface area contributed by atoms with E-state index in [9.17, 15) is 14.4 Å². The summed E-state index contributed by atoms with van der Waals surface area (Å²) >= 11 is 0. The smallest absolute Gasteiger partial charge is 1.00 e. The molecule has 0 radical (unpaired) electrons. The maximum atomic E-state index is 10.7. The van der Waals surface area contributed by atoms with Crippen LogP contribution in [0.5, 0.6) is 0 Å². The summed E-state index contributed by atoms with van der Waals surface area (Å²) in [5.41, 5.74) is 4.70. The summed E-state index contributed by atoms with van der Waals surface area (Å²) in [6, 6.07) is -1.51. The number of carbonyl (C=O) groups is 3. The third kappa shape index (κ3) is 2.68. The fourth-order valence-electron chi connectivity index (χ4n) is 0.661. The minimum absolute atomic E-state index is 0. The van der Waals surface area contributed by atoms with Crippen molar-refractivity contribution < 1.29 is 45.4 Å². The van der Waals surface area contributed by atoms with Gasteiger partial charge >= 0.3 is 41.6 Å². The molecule has 12 heavy (non-hydrogen) atoms. The van der Waals surface area contributed by atoms with E-state index in [1.165, 1.54) is 0 Å². The normalized spacial score (nSPS) is 20.5. The Kier molecular flexibility index (Phi) is 4.01. The number of imide groups is 1. The molecule has 5 N–H and O–H groups in total. The largest absolute Gasteiger partial charge is 1.00 e. The molecule has 62 valence electrons. The Bertz CT molecular complexity index is 235. The average Bonchev–Trinajstić information content (AvgIpc) is 2.09. The van der Waals surface area contributed by atoms with Gasteiger partial charge in [-0.2, -0.15) is 0 Å². The molecule has 1 saturated heterocycles. The van der Waals surface area contributed by atoms with Crippen molar-refractivity contribution in [3.63, 3.8) is 0 Å². The van der Waals surface area contributed by atoms with Crippen molar-refractivity contribution in [3.05, 3.63) is 0 Å².